The predicted molar refractivity (Wildman–Crippen MR) is 57.1 cm³/mol. The van der Waals surface area contributed by atoms with Crippen LogP contribution in [0.2, 0.25) is 0 Å². The van der Waals surface area contributed by atoms with Crippen LogP contribution in [0.3, 0.4) is 0 Å². The summed E-state index contributed by atoms with van der Waals surface area (Å²) >= 11 is 0. The van der Waals surface area contributed by atoms with Gasteiger partial charge in [0.25, 0.3) is 0 Å². The van der Waals surface area contributed by atoms with E-state index in [2.05, 4.69) is 13.0 Å². The Balaban J connectivity index is 2.76. The van der Waals surface area contributed by atoms with Crippen LogP contribution in [0.4, 0.5) is 0 Å². The molecule has 0 aliphatic heterocycles. The van der Waals surface area contributed by atoms with Gasteiger partial charge in [0.2, 0.25) is 0 Å². The van der Waals surface area contributed by atoms with E-state index in [-0.39, 0.29) is 11.8 Å². The molecule has 0 radical (unpaired) electrons. The lowest BCUT2D eigenvalue weighted by molar-refractivity contribution is -0.142. The van der Waals surface area contributed by atoms with Crippen molar-refractivity contribution < 1.29 is 9.90 Å². The zero-order valence-corrected chi connectivity index (χ0v) is 9.12. The van der Waals surface area contributed by atoms with Gasteiger partial charge in [-0.1, -0.05) is 31.9 Å². The number of allylic oxidation sites excluding steroid dienone is 1. The van der Waals surface area contributed by atoms with Gasteiger partial charge in [-0.3, -0.25) is 4.79 Å². The SMILES string of the molecule is CCC(C)C(C(=O)O)C1=CCCCC1. The molecule has 0 heterocycles. The molecule has 2 atom stereocenters. The minimum Gasteiger partial charge on any atom is -0.481 e. The maximum Gasteiger partial charge on any atom is 0.310 e. The zero-order chi connectivity index (χ0) is 10.6. The fourth-order valence-corrected chi connectivity index (χ4v) is 2.15. The first kappa shape index (κ1) is 11.3. The number of carboxylic acids is 1. The molecule has 0 saturated heterocycles. The van der Waals surface area contributed by atoms with Crippen molar-refractivity contribution in [3.8, 4) is 0 Å². The largest absolute Gasteiger partial charge is 0.481 e. The van der Waals surface area contributed by atoms with E-state index in [0.29, 0.717) is 0 Å². The van der Waals surface area contributed by atoms with Crippen molar-refractivity contribution in [1.29, 1.82) is 0 Å². The first-order chi connectivity index (χ1) is 6.66. The maximum atomic E-state index is 11.2. The van der Waals surface area contributed by atoms with E-state index in [0.717, 1.165) is 31.3 Å². The molecule has 1 rings (SSSR count). The molecule has 2 heteroatoms. The second-order valence-corrected chi connectivity index (χ2v) is 4.23. The van der Waals surface area contributed by atoms with Crippen molar-refractivity contribution >= 4 is 5.97 Å². The van der Waals surface area contributed by atoms with Gasteiger partial charge >= 0.3 is 5.97 Å². The standard InChI is InChI=1S/C12H20O2/c1-3-9(2)11(12(13)14)10-7-5-4-6-8-10/h7,9,11H,3-6,8H2,1-2H3,(H,13,14). The van der Waals surface area contributed by atoms with E-state index in [1.54, 1.807) is 0 Å². The van der Waals surface area contributed by atoms with Crippen LogP contribution in [-0.4, -0.2) is 11.1 Å². The molecule has 80 valence electrons. The second-order valence-electron chi connectivity index (χ2n) is 4.23. The van der Waals surface area contributed by atoms with Crippen molar-refractivity contribution in [3.05, 3.63) is 11.6 Å². The van der Waals surface area contributed by atoms with Crippen LogP contribution >= 0.6 is 0 Å². The number of carbonyl (C=O) groups is 1. The summed E-state index contributed by atoms with van der Waals surface area (Å²) in [7, 11) is 0. The maximum absolute atomic E-state index is 11.2. The van der Waals surface area contributed by atoms with E-state index in [9.17, 15) is 9.90 Å². The summed E-state index contributed by atoms with van der Waals surface area (Å²) in [5.74, 6) is -0.621. The normalized spacial score (nSPS) is 21.1. The van der Waals surface area contributed by atoms with Gasteiger partial charge in [-0.2, -0.15) is 0 Å². The predicted octanol–water partition coefficient (Wildman–Crippen LogP) is 3.23. The van der Waals surface area contributed by atoms with E-state index < -0.39 is 5.97 Å². The highest BCUT2D eigenvalue weighted by Gasteiger charge is 2.27. The number of rotatable bonds is 4. The minimum absolute atomic E-state index is 0.236. The van der Waals surface area contributed by atoms with Crippen LogP contribution in [0, 0.1) is 11.8 Å². The molecule has 0 aromatic heterocycles. The van der Waals surface area contributed by atoms with Gasteiger partial charge < -0.3 is 5.11 Å². The highest BCUT2D eigenvalue weighted by Crippen LogP contribution is 2.30. The van der Waals surface area contributed by atoms with Crippen molar-refractivity contribution in [1.82, 2.24) is 0 Å². The van der Waals surface area contributed by atoms with Gasteiger partial charge in [0.05, 0.1) is 5.92 Å². The number of aliphatic carboxylic acids is 1. The molecule has 0 bridgehead atoms. The van der Waals surface area contributed by atoms with Crippen molar-refractivity contribution in [2.75, 3.05) is 0 Å². The smallest absolute Gasteiger partial charge is 0.310 e. The molecule has 2 unspecified atom stereocenters. The average molecular weight is 196 g/mol. The summed E-state index contributed by atoms with van der Waals surface area (Å²) < 4.78 is 0. The summed E-state index contributed by atoms with van der Waals surface area (Å²) in [6.07, 6.45) is 7.52. The fraction of sp³-hybridized carbons (Fsp3) is 0.750. The zero-order valence-electron chi connectivity index (χ0n) is 9.12. The lowest BCUT2D eigenvalue weighted by Crippen LogP contribution is -2.24. The second kappa shape index (κ2) is 5.18. The number of carboxylic acid groups (broad SMARTS) is 1. The van der Waals surface area contributed by atoms with Gasteiger partial charge in [0, 0.05) is 0 Å². The van der Waals surface area contributed by atoms with E-state index in [1.807, 2.05) is 6.92 Å². The average Bonchev–Trinajstić information content (AvgIpc) is 2.19. The molecule has 0 aromatic carbocycles. The Morgan fingerprint density at radius 1 is 1.57 bits per heavy atom. The molecule has 2 nitrogen and oxygen atoms in total. The molecule has 1 aliphatic carbocycles. The van der Waals surface area contributed by atoms with Crippen LogP contribution in [-0.2, 0) is 4.79 Å². The highest BCUT2D eigenvalue weighted by atomic mass is 16.4. The lowest BCUT2D eigenvalue weighted by Gasteiger charge is -2.24. The van der Waals surface area contributed by atoms with Crippen molar-refractivity contribution in [2.24, 2.45) is 11.8 Å². The summed E-state index contributed by atoms with van der Waals surface area (Å²) in [6, 6.07) is 0. The minimum atomic E-state index is -0.646. The van der Waals surface area contributed by atoms with E-state index in [4.69, 9.17) is 0 Å². The molecule has 0 fully saturated rings. The Hall–Kier alpha value is -0.790. The van der Waals surface area contributed by atoms with E-state index >= 15 is 0 Å². The van der Waals surface area contributed by atoms with Gasteiger partial charge in [0.15, 0.2) is 0 Å². The Kier molecular flexibility index (Phi) is 4.18. The third-order valence-electron chi connectivity index (χ3n) is 3.20. The first-order valence-corrected chi connectivity index (χ1v) is 5.58. The molecular weight excluding hydrogens is 176 g/mol. The topological polar surface area (TPSA) is 37.3 Å². The number of hydrogen-bond donors (Lipinski definition) is 1. The van der Waals surface area contributed by atoms with Crippen LogP contribution in [0.25, 0.3) is 0 Å². The third kappa shape index (κ3) is 2.60. The third-order valence-corrected chi connectivity index (χ3v) is 3.20. The quantitative estimate of drug-likeness (QED) is 0.701. The summed E-state index contributed by atoms with van der Waals surface area (Å²) in [4.78, 5) is 11.2. The highest BCUT2D eigenvalue weighted by molar-refractivity contribution is 5.74. The molecule has 14 heavy (non-hydrogen) atoms. The molecule has 1 aliphatic rings. The Bertz CT molecular complexity index is 230. The van der Waals surface area contributed by atoms with Crippen molar-refractivity contribution in [3.63, 3.8) is 0 Å². The Morgan fingerprint density at radius 2 is 2.29 bits per heavy atom. The van der Waals surface area contributed by atoms with Crippen LogP contribution < -0.4 is 0 Å². The fourth-order valence-electron chi connectivity index (χ4n) is 2.15. The Labute approximate surface area is 86.0 Å². The van der Waals surface area contributed by atoms with Crippen LogP contribution in [0.1, 0.15) is 46.0 Å². The van der Waals surface area contributed by atoms with Crippen molar-refractivity contribution in [2.45, 2.75) is 46.0 Å². The van der Waals surface area contributed by atoms with E-state index in [1.165, 1.54) is 6.42 Å². The monoisotopic (exact) mass is 196 g/mol. The number of hydrogen-bond acceptors (Lipinski definition) is 1. The van der Waals surface area contributed by atoms with Crippen LogP contribution in [0.15, 0.2) is 11.6 Å². The molecule has 0 saturated carbocycles. The van der Waals surface area contributed by atoms with Gasteiger partial charge in [-0.05, 0) is 31.6 Å². The first-order valence-electron chi connectivity index (χ1n) is 5.58. The van der Waals surface area contributed by atoms with Gasteiger partial charge in [0.1, 0.15) is 0 Å². The molecular formula is C12H20O2. The van der Waals surface area contributed by atoms with Crippen LogP contribution in [0.5, 0.6) is 0 Å². The van der Waals surface area contributed by atoms with Gasteiger partial charge in [-0.15, -0.1) is 0 Å². The molecule has 1 N–H and O–H groups in total. The molecule has 0 spiro atoms. The molecule has 0 aromatic rings. The Morgan fingerprint density at radius 3 is 2.71 bits per heavy atom. The molecule has 0 amide bonds. The summed E-state index contributed by atoms with van der Waals surface area (Å²) in [6.45, 7) is 4.10. The summed E-state index contributed by atoms with van der Waals surface area (Å²) in [5.41, 5.74) is 1.16. The summed E-state index contributed by atoms with van der Waals surface area (Å²) in [5, 5.41) is 9.19. The lowest BCUT2D eigenvalue weighted by atomic mass is 9.80. The van der Waals surface area contributed by atoms with Gasteiger partial charge in [-0.25, -0.2) is 0 Å².